The minimum Gasteiger partial charge on any atom is -0.465 e. The minimum absolute atomic E-state index is 0.0228. The van der Waals surface area contributed by atoms with E-state index in [2.05, 4.69) is 5.32 Å². The van der Waals surface area contributed by atoms with Crippen LogP contribution in [0.5, 0.6) is 0 Å². The predicted octanol–water partition coefficient (Wildman–Crippen LogP) is 1.82. The lowest BCUT2D eigenvalue weighted by Gasteiger charge is -2.45. The number of aryl methyl sites for hydroxylation is 1. The number of hydrogen-bond donors (Lipinski definition) is 1. The van der Waals surface area contributed by atoms with Gasteiger partial charge in [-0.1, -0.05) is 0 Å². The van der Waals surface area contributed by atoms with E-state index < -0.39 is 10.0 Å². The summed E-state index contributed by atoms with van der Waals surface area (Å²) in [5.74, 6) is 1.88. The van der Waals surface area contributed by atoms with Crippen molar-refractivity contribution < 1.29 is 22.4 Å². The SMILES string of the molecule is Cc1ccc(CNC(=O)CC2CCOC3(CCN(S(C)(=O)=O)CC3)C2)o1. The minimum atomic E-state index is -3.14. The quantitative estimate of drug-likeness (QED) is 0.836. The molecular formula is C18H28N2O5S. The van der Waals surface area contributed by atoms with Crippen LogP contribution in [-0.4, -0.2) is 50.2 Å². The summed E-state index contributed by atoms with van der Waals surface area (Å²) in [6, 6.07) is 3.75. The van der Waals surface area contributed by atoms with Crippen molar-refractivity contribution in [3.63, 3.8) is 0 Å². The van der Waals surface area contributed by atoms with Crippen LogP contribution in [0.1, 0.15) is 43.6 Å². The van der Waals surface area contributed by atoms with Gasteiger partial charge in [0.05, 0.1) is 18.4 Å². The highest BCUT2D eigenvalue weighted by atomic mass is 32.2. The first-order valence-corrected chi connectivity index (χ1v) is 11.0. The van der Waals surface area contributed by atoms with Crippen molar-refractivity contribution in [1.29, 1.82) is 0 Å². The van der Waals surface area contributed by atoms with Crippen LogP contribution >= 0.6 is 0 Å². The molecular weight excluding hydrogens is 356 g/mol. The lowest BCUT2D eigenvalue weighted by molar-refractivity contribution is -0.133. The predicted molar refractivity (Wildman–Crippen MR) is 97.0 cm³/mol. The second kappa shape index (κ2) is 7.70. The van der Waals surface area contributed by atoms with Crippen molar-refractivity contribution >= 4 is 15.9 Å². The van der Waals surface area contributed by atoms with Crippen molar-refractivity contribution in [3.8, 4) is 0 Å². The molecule has 0 aliphatic carbocycles. The highest BCUT2D eigenvalue weighted by Crippen LogP contribution is 2.39. The number of nitrogens with zero attached hydrogens (tertiary/aromatic N) is 1. The van der Waals surface area contributed by atoms with Crippen LogP contribution in [0.3, 0.4) is 0 Å². The Morgan fingerprint density at radius 3 is 2.69 bits per heavy atom. The summed E-state index contributed by atoms with van der Waals surface area (Å²) in [5, 5.41) is 2.92. The molecule has 1 aromatic rings. The Hall–Kier alpha value is -1.38. The van der Waals surface area contributed by atoms with E-state index in [-0.39, 0.29) is 17.4 Å². The third kappa shape index (κ3) is 4.86. The largest absolute Gasteiger partial charge is 0.465 e. The van der Waals surface area contributed by atoms with Gasteiger partial charge in [-0.05, 0) is 50.7 Å². The molecule has 2 aliphatic heterocycles. The van der Waals surface area contributed by atoms with E-state index in [1.165, 1.54) is 10.6 Å². The number of amides is 1. The number of hydrogen-bond acceptors (Lipinski definition) is 5. The second-order valence-corrected chi connectivity index (χ2v) is 9.53. The fraction of sp³-hybridized carbons (Fsp3) is 0.722. The number of piperidine rings is 1. The molecule has 1 unspecified atom stereocenters. The molecule has 26 heavy (non-hydrogen) atoms. The maximum Gasteiger partial charge on any atom is 0.220 e. The van der Waals surface area contributed by atoms with Gasteiger partial charge < -0.3 is 14.5 Å². The molecule has 146 valence electrons. The van der Waals surface area contributed by atoms with Crippen LogP contribution in [0.15, 0.2) is 16.5 Å². The van der Waals surface area contributed by atoms with Gasteiger partial charge in [-0.25, -0.2) is 12.7 Å². The first-order valence-electron chi connectivity index (χ1n) is 9.17. The normalized spacial score (nSPS) is 23.8. The topological polar surface area (TPSA) is 88.9 Å². The van der Waals surface area contributed by atoms with Gasteiger partial charge in [-0.15, -0.1) is 0 Å². The average molecular weight is 384 g/mol. The van der Waals surface area contributed by atoms with Crippen LogP contribution < -0.4 is 5.32 Å². The van der Waals surface area contributed by atoms with Gasteiger partial charge in [-0.3, -0.25) is 4.79 Å². The number of sulfonamides is 1. The second-order valence-electron chi connectivity index (χ2n) is 7.55. The van der Waals surface area contributed by atoms with Crippen molar-refractivity contribution in [2.24, 2.45) is 5.92 Å². The number of rotatable bonds is 5. The zero-order valence-electron chi connectivity index (χ0n) is 15.5. The van der Waals surface area contributed by atoms with Gasteiger partial charge in [0.25, 0.3) is 0 Å². The van der Waals surface area contributed by atoms with E-state index in [4.69, 9.17) is 9.15 Å². The Morgan fingerprint density at radius 1 is 1.35 bits per heavy atom. The van der Waals surface area contributed by atoms with Crippen LogP contribution in [-0.2, 0) is 26.1 Å². The summed E-state index contributed by atoms with van der Waals surface area (Å²) >= 11 is 0. The first kappa shape index (κ1) is 19.4. The van der Waals surface area contributed by atoms with Crippen molar-refractivity contribution in [2.75, 3.05) is 26.0 Å². The van der Waals surface area contributed by atoms with E-state index in [0.717, 1.165) is 24.4 Å². The molecule has 1 amide bonds. The van der Waals surface area contributed by atoms with Crippen LogP contribution in [0, 0.1) is 12.8 Å². The molecule has 1 atom stereocenters. The van der Waals surface area contributed by atoms with Crippen molar-refractivity contribution in [3.05, 3.63) is 23.7 Å². The smallest absolute Gasteiger partial charge is 0.220 e. The van der Waals surface area contributed by atoms with Gasteiger partial charge in [-0.2, -0.15) is 0 Å². The Labute approximate surface area is 155 Å². The van der Waals surface area contributed by atoms with E-state index >= 15 is 0 Å². The van der Waals surface area contributed by atoms with E-state index in [0.29, 0.717) is 45.5 Å². The number of carbonyl (C=O) groups is 1. The van der Waals surface area contributed by atoms with Crippen molar-refractivity contribution in [1.82, 2.24) is 9.62 Å². The lowest BCUT2D eigenvalue weighted by atomic mass is 9.78. The number of furan rings is 1. The summed E-state index contributed by atoms with van der Waals surface area (Å²) < 4.78 is 36.4. The summed E-state index contributed by atoms with van der Waals surface area (Å²) in [5.41, 5.74) is -0.275. The maximum absolute atomic E-state index is 12.3. The standard InChI is InChI=1S/C18H28N2O5S/c1-14-3-4-16(25-14)13-19-17(21)11-15-5-10-24-18(12-15)6-8-20(9-7-18)26(2,22)23/h3-4,15H,5-13H2,1-2H3,(H,19,21). The first-order chi connectivity index (χ1) is 12.3. The zero-order chi connectivity index (χ0) is 18.8. The fourth-order valence-corrected chi connectivity index (χ4v) is 4.82. The molecule has 2 aliphatic rings. The zero-order valence-corrected chi connectivity index (χ0v) is 16.3. The average Bonchev–Trinajstić information content (AvgIpc) is 2.98. The van der Waals surface area contributed by atoms with Gasteiger partial charge in [0, 0.05) is 26.1 Å². The Bertz CT molecular complexity index is 735. The maximum atomic E-state index is 12.3. The molecule has 0 radical (unpaired) electrons. The Morgan fingerprint density at radius 2 is 2.08 bits per heavy atom. The van der Waals surface area contributed by atoms with Gasteiger partial charge >= 0.3 is 0 Å². The molecule has 1 aromatic heterocycles. The lowest BCUT2D eigenvalue weighted by Crippen LogP contribution is -2.50. The third-order valence-electron chi connectivity index (χ3n) is 5.43. The molecule has 0 bridgehead atoms. The summed E-state index contributed by atoms with van der Waals surface area (Å²) in [6.45, 7) is 3.91. The highest BCUT2D eigenvalue weighted by Gasteiger charge is 2.42. The van der Waals surface area contributed by atoms with Gasteiger partial charge in [0.1, 0.15) is 11.5 Å². The number of carbonyl (C=O) groups excluding carboxylic acids is 1. The van der Waals surface area contributed by atoms with Crippen LogP contribution in [0.25, 0.3) is 0 Å². The van der Waals surface area contributed by atoms with Crippen LogP contribution in [0.2, 0.25) is 0 Å². The van der Waals surface area contributed by atoms with Gasteiger partial charge in [0.15, 0.2) is 0 Å². The van der Waals surface area contributed by atoms with E-state index in [1.54, 1.807) is 0 Å². The highest BCUT2D eigenvalue weighted by molar-refractivity contribution is 7.88. The van der Waals surface area contributed by atoms with Gasteiger partial charge in [0.2, 0.25) is 15.9 Å². The molecule has 8 heteroatoms. The van der Waals surface area contributed by atoms with Crippen LogP contribution in [0.4, 0.5) is 0 Å². The molecule has 2 fully saturated rings. The fourth-order valence-electron chi connectivity index (χ4n) is 3.98. The Kier molecular flexibility index (Phi) is 5.74. The molecule has 2 saturated heterocycles. The molecule has 7 nitrogen and oxygen atoms in total. The summed E-state index contributed by atoms with van der Waals surface area (Å²) in [6.07, 6.45) is 4.80. The number of ether oxygens (including phenoxy) is 1. The van der Waals surface area contributed by atoms with E-state index in [1.807, 2.05) is 19.1 Å². The Balaban J connectivity index is 1.48. The molecule has 1 N–H and O–H groups in total. The monoisotopic (exact) mass is 384 g/mol. The molecule has 0 aromatic carbocycles. The van der Waals surface area contributed by atoms with E-state index in [9.17, 15) is 13.2 Å². The molecule has 3 rings (SSSR count). The third-order valence-corrected chi connectivity index (χ3v) is 6.73. The molecule has 3 heterocycles. The molecule has 1 spiro atoms. The summed E-state index contributed by atoms with van der Waals surface area (Å²) in [7, 11) is -3.14. The number of nitrogens with one attached hydrogen (secondary N) is 1. The summed E-state index contributed by atoms with van der Waals surface area (Å²) in [4.78, 5) is 12.3. The molecule has 0 saturated carbocycles. The van der Waals surface area contributed by atoms with Crippen molar-refractivity contribution in [2.45, 2.75) is 51.2 Å².